The summed E-state index contributed by atoms with van der Waals surface area (Å²) in [6.07, 6.45) is 1.00. The molecule has 0 saturated heterocycles. The van der Waals surface area contributed by atoms with Gasteiger partial charge in [0.25, 0.3) is 0 Å². The van der Waals surface area contributed by atoms with Crippen LogP contribution in [-0.2, 0) is 13.1 Å². The molecule has 0 bridgehead atoms. The van der Waals surface area contributed by atoms with E-state index in [2.05, 4.69) is 68.1 Å². The van der Waals surface area contributed by atoms with E-state index in [0.29, 0.717) is 5.92 Å². The fourth-order valence-corrected chi connectivity index (χ4v) is 3.05. The quantitative estimate of drug-likeness (QED) is 0.431. The summed E-state index contributed by atoms with van der Waals surface area (Å²) in [6, 6.07) is 4.22. The predicted molar refractivity (Wildman–Crippen MR) is 107 cm³/mol. The second-order valence-electron chi connectivity index (χ2n) is 7.10. The average molecular weight is 360 g/mol. The molecule has 0 aliphatic carbocycles. The van der Waals surface area contributed by atoms with Crippen LogP contribution in [0.15, 0.2) is 17.1 Å². The summed E-state index contributed by atoms with van der Waals surface area (Å²) in [6.45, 7) is 14.0. The molecular formula is C19H33N7. The van der Waals surface area contributed by atoms with Crippen LogP contribution in [0.1, 0.15) is 36.1 Å². The van der Waals surface area contributed by atoms with Crippen molar-refractivity contribution in [1.82, 2.24) is 30.2 Å². The Kier molecular flexibility index (Phi) is 7.24. The van der Waals surface area contributed by atoms with E-state index in [1.807, 2.05) is 20.9 Å². The zero-order valence-corrected chi connectivity index (χ0v) is 17.0. The van der Waals surface area contributed by atoms with Gasteiger partial charge in [0.2, 0.25) is 0 Å². The van der Waals surface area contributed by atoms with Crippen LogP contribution in [0.2, 0.25) is 0 Å². The van der Waals surface area contributed by atoms with E-state index in [1.54, 1.807) is 0 Å². The fraction of sp³-hybridized carbons (Fsp3) is 0.632. The van der Waals surface area contributed by atoms with Gasteiger partial charge in [-0.15, -0.1) is 0 Å². The Balaban J connectivity index is 1.68. The van der Waals surface area contributed by atoms with Crippen molar-refractivity contribution in [2.75, 3.05) is 20.1 Å². The summed E-state index contributed by atoms with van der Waals surface area (Å²) in [5.74, 6) is 1.31. The Hall–Kier alpha value is -2.31. The summed E-state index contributed by atoms with van der Waals surface area (Å²) in [5.41, 5.74) is 4.57. The molecule has 26 heavy (non-hydrogen) atoms. The van der Waals surface area contributed by atoms with Crippen LogP contribution in [0.5, 0.6) is 0 Å². The second-order valence-corrected chi connectivity index (χ2v) is 7.10. The maximum Gasteiger partial charge on any atom is 0.190 e. The lowest BCUT2D eigenvalue weighted by Crippen LogP contribution is -2.40. The van der Waals surface area contributed by atoms with Crippen molar-refractivity contribution in [2.45, 2.75) is 54.1 Å². The molecule has 0 amide bonds. The van der Waals surface area contributed by atoms with E-state index < -0.39 is 0 Å². The number of aliphatic imine (C=N–C) groups is 1. The second kappa shape index (κ2) is 9.40. The molecule has 1 unspecified atom stereocenters. The normalized spacial score (nSPS) is 13.1. The third kappa shape index (κ3) is 5.89. The topological polar surface area (TPSA) is 72.1 Å². The van der Waals surface area contributed by atoms with E-state index in [0.717, 1.165) is 49.9 Å². The number of aromatic nitrogens is 4. The number of guanidine groups is 1. The molecule has 2 N–H and O–H groups in total. The third-order valence-electron chi connectivity index (χ3n) is 4.37. The molecule has 0 spiro atoms. The van der Waals surface area contributed by atoms with Crippen molar-refractivity contribution < 1.29 is 0 Å². The SMILES string of the molecule is CN=C(NCCCn1nc(C)cc1C)NCC(C)Cn1nc(C)cc1C. The highest BCUT2D eigenvalue weighted by atomic mass is 15.3. The molecule has 7 heteroatoms. The summed E-state index contributed by atoms with van der Waals surface area (Å²) in [4.78, 5) is 4.30. The molecule has 2 rings (SSSR count). The Labute approximate surface area is 156 Å². The lowest BCUT2D eigenvalue weighted by atomic mass is 10.2. The van der Waals surface area contributed by atoms with E-state index in [1.165, 1.54) is 11.4 Å². The number of hydrogen-bond donors (Lipinski definition) is 2. The van der Waals surface area contributed by atoms with Crippen molar-refractivity contribution in [3.05, 3.63) is 34.9 Å². The summed E-state index contributed by atoms with van der Waals surface area (Å²) in [7, 11) is 1.81. The molecule has 0 saturated carbocycles. The van der Waals surface area contributed by atoms with Crippen LogP contribution in [-0.4, -0.2) is 45.7 Å². The first-order chi connectivity index (χ1) is 12.4. The molecule has 0 aromatic carbocycles. The molecule has 144 valence electrons. The number of nitrogens with one attached hydrogen (secondary N) is 2. The van der Waals surface area contributed by atoms with Crippen molar-refractivity contribution in [3.8, 4) is 0 Å². The van der Waals surface area contributed by atoms with E-state index in [4.69, 9.17) is 0 Å². The lowest BCUT2D eigenvalue weighted by molar-refractivity contribution is 0.435. The fourth-order valence-electron chi connectivity index (χ4n) is 3.05. The number of hydrogen-bond acceptors (Lipinski definition) is 3. The maximum atomic E-state index is 4.53. The molecule has 2 heterocycles. The van der Waals surface area contributed by atoms with E-state index in [-0.39, 0.29) is 0 Å². The van der Waals surface area contributed by atoms with E-state index in [9.17, 15) is 0 Å². The molecular weight excluding hydrogens is 326 g/mol. The molecule has 2 aromatic heterocycles. The predicted octanol–water partition coefficient (Wildman–Crippen LogP) is 2.20. The van der Waals surface area contributed by atoms with E-state index >= 15 is 0 Å². The Bertz CT molecular complexity index is 726. The Morgan fingerprint density at radius 3 is 2.19 bits per heavy atom. The molecule has 0 fully saturated rings. The number of aryl methyl sites for hydroxylation is 5. The summed E-state index contributed by atoms with van der Waals surface area (Å²) >= 11 is 0. The van der Waals surface area contributed by atoms with Gasteiger partial charge >= 0.3 is 0 Å². The summed E-state index contributed by atoms with van der Waals surface area (Å²) < 4.78 is 4.13. The highest BCUT2D eigenvalue weighted by Crippen LogP contribution is 2.06. The Morgan fingerprint density at radius 1 is 1.04 bits per heavy atom. The van der Waals surface area contributed by atoms with Gasteiger partial charge in [0.05, 0.1) is 11.4 Å². The summed E-state index contributed by atoms with van der Waals surface area (Å²) in [5, 5.41) is 15.8. The minimum absolute atomic E-state index is 0.459. The van der Waals surface area contributed by atoms with Gasteiger partial charge in [0, 0.05) is 44.6 Å². The minimum Gasteiger partial charge on any atom is -0.356 e. The molecule has 2 aromatic rings. The van der Waals surface area contributed by atoms with Gasteiger partial charge in [-0.25, -0.2) is 0 Å². The van der Waals surface area contributed by atoms with Gasteiger partial charge in [-0.1, -0.05) is 6.92 Å². The van der Waals surface area contributed by atoms with Crippen LogP contribution in [0.4, 0.5) is 0 Å². The molecule has 0 aliphatic heterocycles. The molecule has 7 nitrogen and oxygen atoms in total. The van der Waals surface area contributed by atoms with Gasteiger partial charge in [-0.2, -0.15) is 10.2 Å². The molecule has 0 radical (unpaired) electrons. The van der Waals surface area contributed by atoms with Crippen molar-refractivity contribution in [1.29, 1.82) is 0 Å². The highest BCUT2D eigenvalue weighted by Gasteiger charge is 2.08. The van der Waals surface area contributed by atoms with Gasteiger partial charge in [-0.3, -0.25) is 14.4 Å². The van der Waals surface area contributed by atoms with Crippen molar-refractivity contribution in [3.63, 3.8) is 0 Å². The van der Waals surface area contributed by atoms with Crippen LogP contribution >= 0.6 is 0 Å². The minimum atomic E-state index is 0.459. The molecule has 1 atom stereocenters. The monoisotopic (exact) mass is 359 g/mol. The van der Waals surface area contributed by atoms with Crippen molar-refractivity contribution >= 4 is 5.96 Å². The standard InChI is InChI=1S/C19H33N7/c1-14(13-26-18(5)11-16(3)24-26)12-22-19(20-6)21-8-7-9-25-17(4)10-15(2)23-25/h10-11,14H,7-9,12-13H2,1-6H3,(H2,20,21,22). The number of nitrogens with zero attached hydrogens (tertiary/aromatic N) is 5. The zero-order chi connectivity index (χ0) is 19.1. The van der Waals surface area contributed by atoms with Gasteiger partial charge in [0.1, 0.15) is 0 Å². The average Bonchev–Trinajstić information content (AvgIpc) is 3.07. The first-order valence-electron chi connectivity index (χ1n) is 9.35. The maximum absolute atomic E-state index is 4.53. The Morgan fingerprint density at radius 2 is 1.65 bits per heavy atom. The third-order valence-corrected chi connectivity index (χ3v) is 4.37. The molecule has 0 aliphatic rings. The first-order valence-corrected chi connectivity index (χ1v) is 9.35. The zero-order valence-electron chi connectivity index (χ0n) is 17.0. The van der Waals surface area contributed by atoms with Gasteiger partial charge < -0.3 is 10.6 Å². The van der Waals surface area contributed by atoms with Gasteiger partial charge in [0.15, 0.2) is 5.96 Å². The lowest BCUT2D eigenvalue weighted by Gasteiger charge is -2.17. The van der Waals surface area contributed by atoms with Crippen LogP contribution in [0, 0.1) is 33.6 Å². The van der Waals surface area contributed by atoms with Crippen LogP contribution < -0.4 is 10.6 Å². The van der Waals surface area contributed by atoms with Crippen LogP contribution in [0.3, 0.4) is 0 Å². The number of rotatable bonds is 8. The van der Waals surface area contributed by atoms with Crippen LogP contribution in [0.25, 0.3) is 0 Å². The highest BCUT2D eigenvalue weighted by molar-refractivity contribution is 5.79. The van der Waals surface area contributed by atoms with Crippen molar-refractivity contribution in [2.24, 2.45) is 10.9 Å². The smallest absolute Gasteiger partial charge is 0.190 e. The largest absolute Gasteiger partial charge is 0.356 e. The van der Waals surface area contributed by atoms with Gasteiger partial charge in [-0.05, 0) is 52.2 Å². The first kappa shape index (κ1) is 20.0.